The van der Waals surface area contributed by atoms with Crippen LogP contribution in [0.15, 0.2) is 24.3 Å². The van der Waals surface area contributed by atoms with E-state index in [0.717, 1.165) is 12.1 Å². The molecule has 0 atom stereocenters. The fraction of sp³-hybridized carbons (Fsp3) is 0.250. The van der Waals surface area contributed by atoms with Crippen LogP contribution < -0.4 is 5.32 Å². The molecule has 1 rings (SSSR count). The molecule has 0 saturated carbocycles. The van der Waals surface area contributed by atoms with Crippen LogP contribution in [0.4, 0.5) is 5.69 Å². The predicted molar refractivity (Wildman–Crippen MR) is 59.7 cm³/mol. The molecule has 0 amide bonds. The van der Waals surface area contributed by atoms with Gasteiger partial charge in [0.05, 0.1) is 6.54 Å². The number of nitrogens with one attached hydrogen (secondary N) is 1. The Bertz CT molecular complexity index is 384. The van der Waals surface area contributed by atoms with E-state index in [0.29, 0.717) is 6.54 Å². The Balaban J connectivity index is 2.45. The summed E-state index contributed by atoms with van der Waals surface area (Å²) in [5.74, 6) is 3.44. The van der Waals surface area contributed by atoms with Crippen molar-refractivity contribution in [2.45, 2.75) is 13.3 Å². The summed E-state index contributed by atoms with van der Waals surface area (Å²) in [6, 6.07) is 7.99. The number of carboxylic acids is 1. The number of benzene rings is 1. The Morgan fingerprint density at radius 3 is 2.60 bits per heavy atom. The quantitative estimate of drug-likeness (QED) is 0.736. The second kappa shape index (κ2) is 5.71. The highest BCUT2D eigenvalue weighted by Crippen LogP contribution is 2.08. The summed E-state index contributed by atoms with van der Waals surface area (Å²) in [7, 11) is 0. The highest BCUT2D eigenvalue weighted by Gasteiger charge is 1.90. The van der Waals surface area contributed by atoms with Crippen LogP contribution in [-0.4, -0.2) is 17.6 Å². The molecule has 0 heterocycles. The van der Waals surface area contributed by atoms with Crippen LogP contribution in [0.5, 0.6) is 0 Å². The van der Waals surface area contributed by atoms with Crippen molar-refractivity contribution in [2.24, 2.45) is 0 Å². The molecule has 0 aliphatic heterocycles. The third kappa shape index (κ3) is 4.19. The zero-order valence-corrected chi connectivity index (χ0v) is 8.58. The van der Waals surface area contributed by atoms with Crippen LogP contribution in [0.3, 0.4) is 0 Å². The summed E-state index contributed by atoms with van der Waals surface area (Å²) in [4.78, 5) is 10.1. The average Bonchev–Trinajstić information content (AvgIpc) is 2.25. The van der Waals surface area contributed by atoms with Crippen molar-refractivity contribution in [3.05, 3.63) is 29.8 Å². The lowest BCUT2D eigenvalue weighted by Gasteiger charge is -2.02. The third-order valence-corrected chi connectivity index (χ3v) is 1.94. The molecular formula is C12H13NO2. The van der Waals surface area contributed by atoms with Gasteiger partial charge in [0.25, 0.3) is 0 Å². The Hall–Kier alpha value is -1.95. The van der Waals surface area contributed by atoms with E-state index in [1.54, 1.807) is 0 Å². The Kier molecular flexibility index (Phi) is 4.24. The molecule has 3 heteroatoms. The molecule has 0 bridgehead atoms. The predicted octanol–water partition coefficient (Wildman–Crippen LogP) is 1.75. The maximum absolute atomic E-state index is 10.1. The summed E-state index contributed by atoms with van der Waals surface area (Å²) in [6.45, 7) is 2.44. The number of aryl methyl sites for hydroxylation is 1. The fourth-order valence-electron chi connectivity index (χ4n) is 1.12. The first kappa shape index (κ1) is 11.1. The first-order valence-corrected chi connectivity index (χ1v) is 4.77. The number of aliphatic carboxylic acids is 1. The van der Waals surface area contributed by atoms with Gasteiger partial charge in [-0.25, -0.2) is 4.79 Å². The van der Waals surface area contributed by atoms with Crippen molar-refractivity contribution in [3.8, 4) is 11.8 Å². The third-order valence-electron chi connectivity index (χ3n) is 1.94. The Labute approximate surface area is 89.1 Å². The molecule has 0 spiro atoms. The maximum Gasteiger partial charge on any atom is 0.381 e. The zero-order chi connectivity index (χ0) is 11.1. The lowest BCUT2D eigenvalue weighted by molar-refractivity contribution is -0.130. The molecule has 15 heavy (non-hydrogen) atoms. The van der Waals surface area contributed by atoms with Gasteiger partial charge in [0.15, 0.2) is 0 Å². The van der Waals surface area contributed by atoms with Crippen molar-refractivity contribution in [3.63, 3.8) is 0 Å². The summed E-state index contributed by atoms with van der Waals surface area (Å²) >= 11 is 0. The lowest BCUT2D eigenvalue weighted by Crippen LogP contribution is -1.99. The monoisotopic (exact) mass is 203 g/mol. The van der Waals surface area contributed by atoms with Gasteiger partial charge in [-0.05, 0) is 24.1 Å². The van der Waals surface area contributed by atoms with E-state index < -0.39 is 5.97 Å². The number of carboxylic acid groups (broad SMARTS) is 1. The average molecular weight is 203 g/mol. The minimum atomic E-state index is -1.10. The number of rotatable bonds is 3. The van der Waals surface area contributed by atoms with Crippen LogP contribution in [0.1, 0.15) is 12.5 Å². The molecule has 1 aromatic rings. The van der Waals surface area contributed by atoms with Gasteiger partial charge in [0, 0.05) is 11.6 Å². The molecule has 78 valence electrons. The van der Waals surface area contributed by atoms with Crippen molar-refractivity contribution >= 4 is 11.7 Å². The molecule has 0 saturated heterocycles. The second-order valence-electron chi connectivity index (χ2n) is 3.01. The zero-order valence-electron chi connectivity index (χ0n) is 8.58. The van der Waals surface area contributed by atoms with Crippen LogP contribution in [0.25, 0.3) is 0 Å². The largest absolute Gasteiger partial charge is 0.472 e. The van der Waals surface area contributed by atoms with Crippen molar-refractivity contribution < 1.29 is 9.90 Å². The van der Waals surface area contributed by atoms with Crippen LogP contribution in [0, 0.1) is 11.8 Å². The molecule has 0 aliphatic rings. The SMILES string of the molecule is CCc1ccc(NCC#CC(=O)O)cc1. The van der Waals surface area contributed by atoms with Gasteiger partial charge in [0.2, 0.25) is 0 Å². The van der Waals surface area contributed by atoms with Gasteiger partial charge in [-0.2, -0.15) is 0 Å². The van der Waals surface area contributed by atoms with E-state index in [1.807, 2.05) is 30.2 Å². The van der Waals surface area contributed by atoms with E-state index >= 15 is 0 Å². The minimum Gasteiger partial charge on any atom is -0.472 e. The van der Waals surface area contributed by atoms with E-state index in [-0.39, 0.29) is 0 Å². The molecule has 1 aromatic carbocycles. The minimum absolute atomic E-state index is 0.345. The number of carbonyl (C=O) groups is 1. The maximum atomic E-state index is 10.1. The fourth-order valence-corrected chi connectivity index (χ4v) is 1.12. The van der Waals surface area contributed by atoms with Crippen LogP contribution >= 0.6 is 0 Å². The van der Waals surface area contributed by atoms with Crippen molar-refractivity contribution in [2.75, 3.05) is 11.9 Å². The van der Waals surface area contributed by atoms with Gasteiger partial charge < -0.3 is 10.4 Å². The van der Waals surface area contributed by atoms with E-state index in [9.17, 15) is 4.79 Å². The highest BCUT2D eigenvalue weighted by atomic mass is 16.4. The molecule has 0 aliphatic carbocycles. The highest BCUT2D eigenvalue weighted by molar-refractivity contribution is 5.86. The molecule has 0 radical (unpaired) electrons. The van der Waals surface area contributed by atoms with E-state index in [4.69, 9.17) is 5.11 Å². The topological polar surface area (TPSA) is 49.3 Å². The van der Waals surface area contributed by atoms with Gasteiger partial charge in [-0.1, -0.05) is 25.0 Å². The number of hydrogen-bond acceptors (Lipinski definition) is 2. The number of anilines is 1. The molecular weight excluding hydrogens is 190 g/mol. The first-order chi connectivity index (χ1) is 7.22. The van der Waals surface area contributed by atoms with Crippen molar-refractivity contribution in [1.82, 2.24) is 0 Å². The summed E-state index contributed by atoms with van der Waals surface area (Å²) < 4.78 is 0. The summed E-state index contributed by atoms with van der Waals surface area (Å²) in [5.41, 5.74) is 2.23. The molecule has 2 N–H and O–H groups in total. The first-order valence-electron chi connectivity index (χ1n) is 4.77. The van der Waals surface area contributed by atoms with Crippen LogP contribution in [-0.2, 0) is 11.2 Å². The van der Waals surface area contributed by atoms with Gasteiger partial charge in [0.1, 0.15) is 0 Å². The summed E-state index contributed by atoms with van der Waals surface area (Å²) in [5, 5.41) is 11.3. The molecule has 0 unspecified atom stereocenters. The molecule has 0 fully saturated rings. The van der Waals surface area contributed by atoms with Gasteiger partial charge in [-0.3, -0.25) is 0 Å². The van der Waals surface area contributed by atoms with Gasteiger partial charge in [-0.15, -0.1) is 0 Å². The van der Waals surface area contributed by atoms with Crippen LogP contribution in [0.2, 0.25) is 0 Å². The molecule has 3 nitrogen and oxygen atoms in total. The lowest BCUT2D eigenvalue weighted by atomic mass is 10.1. The Morgan fingerprint density at radius 2 is 2.07 bits per heavy atom. The number of hydrogen-bond donors (Lipinski definition) is 2. The van der Waals surface area contributed by atoms with E-state index in [1.165, 1.54) is 5.56 Å². The standard InChI is InChI=1S/C12H13NO2/c1-2-10-5-7-11(8-6-10)13-9-3-4-12(14)15/h5-8,13H,2,9H2,1H3,(H,14,15). The van der Waals surface area contributed by atoms with Crippen molar-refractivity contribution in [1.29, 1.82) is 0 Å². The van der Waals surface area contributed by atoms with E-state index in [2.05, 4.69) is 18.2 Å². The second-order valence-corrected chi connectivity index (χ2v) is 3.01. The van der Waals surface area contributed by atoms with Gasteiger partial charge >= 0.3 is 5.97 Å². The molecule has 0 aromatic heterocycles. The normalized spacial score (nSPS) is 8.87. The Morgan fingerprint density at radius 1 is 1.40 bits per heavy atom. The smallest absolute Gasteiger partial charge is 0.381 e. The summed E-state index contributed by atoms with van der Waals surface area (Å²) in [6.07, 6.45) is 1.01.